The second-order valence-corrected chi connectivity index (χ2v) is 9.70. The van der Waals surface area contributed by atoms with Crippen molar-refractivity contribution in [3.05, 3.63) is 112 Å². The molecule has 1 aromatic rings. The molecule has 1 heterocycles. The van der Waals surface area contributed by atoms with Crippen LogP contribution in [0.4, 0.5) is 13.2 Å². The van der Waals surface area contributed by atoms with Gasteiger partial charge in [-0.25, -0.2) is 17.6 Å². The summed E-state index contributed by atoms with van der Waals surface area (Å²) in [5.74, 6) is -0.899. The molecule has 1 fully saturated rings. The van der Waals surface area contributed by atoms with Crippen molar-refractivity contribution >= 4 is 23.7 Å². The van der Waals surface area contributed by atoms with Crippen LogP contribution in [0, 0.1) is 17.0 Å². The Kier molecular flexibility index (Phi) is 12.1. The number of rotatable bonds is 7. The first-order valence-corrected chi connectivity index (χ1v) is 13.3. The SMILES string of the molecule is C=C(C(C(=C)C1(C)C=C(SN=CCC)C(F)=CC1)=C1NC2=CCCC=C2N1)c1cc(F)ccc1F.CN.CO. The number of nitrogens with one attached hydrogen (secondary N) is 2. The van der Waals surface area contributed by atoms with Crippen LogP contribution in [0.15, 0.2) is 99.2 Å². The highest BCUT2D eigenvalue weighted by Crippen LogP contribution is 2.48. The standard InChI is InChI=1S/C28H28F3N3S.CH5N.CH4O/c1-5-14-32-35-25-16-28(4,13-12-22(25)31)18(3)26(17(2)20-15-19(29)10-11-21(20)30)27-33-23-8-6-7-9-24(23)34-27;2*1-2/h8-12,14-16,33-34H,2-3,5-7,13H2,1,4H3;2H2,1H3;2H,1H3. The van der Waals surface area contributed by atoms with Crippen LogP contribution < -0.4 is 16.4 Å². The summed E-state index contributed by atoms with van der Waals surface area (Å²) in [7, 11) is 2.50. The van der Waals surface area contributed by atoms with Gasteiger partial charge in [-0.2, -0.15) is 0 Å². The fourth-order valence-electron chi connectivity index (χ4n) is 4.24. The van der Waals surface area contributed by atoms with Crippen molar-refractivity contribution in [2.24, 2.45) is 15.5 Å². The van der Waals surface area contributed by atoms with Gasteiger partial charge in [-0.3, -0.25) is 0 Å². The Hall–Kier alpha value is -3.27. The van der Waals surface area contributed by atoms with Crippen molar-refractivity contribution in [2.45, 2.75) is 39.5 Å². The second kappa shape index (κ2) is 14.8. The number of hydrogen-bond acceptors (Lipinski definition) is 6. The van der Waals surface area contributed by atoms with Crippen LogP contribution in [0.25, 0.3) is 5.57 Å². The summed E-state index contributed by atoms with van der Waals surface area (Å²) in [6.45, 7) is 12.4. The first-order valence-electron chi connectivity index (χ1n) is 12.6. The van der Waals surface area contributed by atoms with E-state index in [0.29, 0.717) is 28.3 Å². The average molecular weight is 559 g/mol. The number of benzene rings is 1. The molecule has 39 heavy (non-hydrogen) atoms. The highest BCUT2D eigenvalue weighted by molar-refractivity contribution is 8.02. The van der Waals surface area contributed by atoms with Crippen LogP contribution in [0.2, 0.25) is 0 Å². The van der Waals surface area contributed by atoms with Crippen LogP contribution in [-0.4, -0.2) is 25.5 Å². The van der Waals surface area contributed by atoms with Crippen molar-refractivity contribution < 1.29 is 18.3 Å². The summed E-state index contributed by atoms with van der Waals surface area (Å²) in [6.07, 6.45) is 12.1. The summed E-state index contributed by atoms with van der Waals surface area (Å²) < 4.78 is 47.7. The van der Waals surface area contributed by atoms with Crippen LogP contribution in [0.5, 0.6) is 0 Å². The predicted molar refractivity (Wildman–Crippen MR) is 158 cm³/mol. The maximum Gasteiger partial charge on any atom is 0.134 e. The Morgan fingerprint density at radius 1 is 1.10 bits per heavy atom. The first-order chi connectivity index (χ1) is 18.7. The van der Waals surface area contributed by atoms with E-state index < -0.39 is 17.0 Å². The molecule has 0 spiro atoms. The van der Waals surface area contributed by atoms with E-state index >= 15 is 0 Å². The number of nitrogens with zero attached hydrogens (tertiary/aromatic N) is 1. The van der Waals surface area contributed by atoms with Gasteiger partial charge >= 0.3 is 0 Å². The molecular weight excluding hydrogens is 521 g/mol. The van der Waals surface area contributed by atoms with E-state index in [1.54, 1.807) is 12.3 Å². The second-order valence-electron chi connectivity index (χ2n) is 8.86. The molecule has 1 aromatic carbocycles. The van der Waals surface area contributed by atoms with Crippen molar-refractivity contribution in [3.8, 4) is 0 Å². The summed E-state index contributed by atoms with van der Waals surface area (Å²) in [5.41, 5.74) is 7.08. The number of aliphatic hydroxyl groups is 1. The molecule has 210 valence electrons. The summed E-state index contributed by atoms with van der Waals surface area (Å²) >= 11 is 1.07. The molecule has 0 radical (unpaired) electrons. The van der Waals surface area contributed by atoms with Gasteiger partial charge in [-0.1, -0.05) is 45.2 Å². The molecule has 2 aliphatic carbocycles. The maximum atomic E-state index is 14.8. The van der Waals surface area contributed by atoms with Crippen molar-refractivity contribution in [3.63, 3.8) is 0 Å². The molecule has 1 aliphatic heterocycles. The molecular formula is C30H37F3N4OS. The first kappa shape index (κ1) is 31.9. The van der Waals surface area contributed by atoms with Crippen LogP contribution >= 0.6 is 11.9 Å². The fourth-order valence-corrected chi connectivity index (χ4v) is 5.06. The van der Waals surface area contributed by atoms with Gasteiger partial charge in [0.2, 0.25) is 0 Å². The lowest BCUT2D eigenvalue weighted by Gasteiger charge is -2.33. The van der Waals surface area contributed by atoms with Gasteiger partial charge < -0.3 is 21.5 Å². The van der Waals surface area contributed by atoms with Crippen molar-refractivity contribution in [1.29, 1.82) is 0 Å². The molecule has 5 N–H and O–H groups in total. The molecule has 9 heteroatoms. The van der Waals surface area contributed by atoms with Crippen LogP contribution in [0.3, 0.4) is 0 Å². The van der Waals surface area contributed by atoms with Crippen LogP contribution in [-0.2, 0) is 0 Å². The topological polar surface area (TPSA) is 82.7 Å². The maximum absolute atomic E-state index is 14.8. The number of hydrogen-bond donors (Lipinski definition) is 4. The van der Waals surface area contributed by atoms with Gasteiger partial charge in [-0.05, 0) is 68.2 Å². The average Bonchev–Trinajstić information content (AvgIpc) is 3.38. The minimum atomic E-state index is -0.714. The third-order valence-electron chi connectivity index (χ3n) is 6.27. The van der Waals surface area contributed by atoms with Crippen LogP contribution in [0.1, 0.15) is 45.1 Å². The van der Waals surface area contributed by atoms with E-state index in [0.717, 1.165) is 67.9 Å². The molecule has 1 unspecified atom stereocenters. The van der Waals surface area contributed by atoms with Crippen molar-refractivity contribution in [1.82, 2.24) is 10.6 Å². The quantitative estimate of drug-likeness (QED) is 0.215. The lowest BCUT2D eigenvalue weighted by molar-refractivity contribution is 0.399. The Morgan fingerprint density at radius 2 is 1.72 bits per heavy atom. The Balaban J connectivity index is 0.00000127. The normalized spacial score (nSPS) is 19.5. The highest BCUT2D eigenvalue weighted by Gasteiger charge is 2.35. The molecule has 0 saturated carbocycles. The minimum absolute atomic E-state index is 0.0438. The molecule has 0 amide bonds. The minimum Gasteiger partial charge on any atom is -0.400 e. The van der Waals surface area contributed by atoms with E-state index in [1.807, 2.05) is 13.8 Å². The molecule has 0 aromatic heterocycles. The highest BCUT2D eigenvalue weighted by atomic mass is 32.2. The monoisotopic (exact) mass is 558 g/mol. The molecule has 0 bridgehead atoms. The smallest absolute Gasteiger partial charge is 0.134 e. The molecule has 4 rings (SSSR count). The van der Waals surface area contributed by atoms with Gasteiger partial charge in [0.1, 0.15) is 23.3 Å². The Morgan fingerprint density at radius 3 is 2.31 bits per heavy atom. The zero-order valence-corrected chi connectivity index (χ0v) is 23.7. The van der Waals surface area contributed by atoms with Gasteiger partial charge in [0.15, 0.2) is 0 Å². The largest absolute Gasteiger partial charge is 0.400 e. The number of allylic oxidation sites excluding steroid dienone is 8. The lowest BCUT2D eigenvalue weighted by Crippen LogP contribution is -2.24. The number of fused-ring (bicyclic) bond motifs is 1. The number of aliphatic hydroxyl groups excluding tert-OH is 1. The van der Waals surface area contributed by atoms with E-state index in [2.05, 4.69) is 46.1 Å². The summed E-state index contributed by atoms with van der Waals surface area (Å²) in [6, 6.07) is 3.29. The molecule has 3 aliphatic rings. The molecule has 1 saturated heterocycles. The third-order valence-corrected chi connectivity index (χ3v) is 7.03. The van der Waals surface area contributed by atoms with E-state index in [4.69, 9.17) is 5.11 Å². The molecule has 5 nitrogen and oxygen atoms in total. The zero-order chi connectivity index (χ0) is 29.2. The fraction of sp³-hybridized carbons (Fsp3) is 0.300. The Bertz CT molecular complexity index is 1250. The Labute approximate surface area is 233 Å². The zero-order valence-electron chi connectivity index (χ0n) is 22.9. The lowest BCUT2D eigenvalue weighted by atomic mass is 9.72. The van der Waals surface area contributed by atoms with E-state index in [9.17, 15) is 13.2 Å². The third kappa shape index (κ3) is 7.44. The van der Waals surface area contributed by atoms with Crippen molar-refractivity contribution in [2.75, 3.05) is 14.2 Å². The van der Waals surface area contributed by atoms with Gasteiger partial charge in [0.05, 0.1) is 16.3 Å². The summed E-state index contributed by atoms with van der Waals surface area (Å²) in [5, 5.41) is 13.7. The number of halogens is 3. The van der Waals surface area contributed by atoms with E-state index in [-0.39, 0.29) is 17.0 Å². The summed E-state index contributed by atoms with van der Waals surface area (Å²) in [4.78, 5) is 0.392. The van der Waals surface area contributed by atoms with E-state index in [1.165, 1.54) is 13.1 Å². The van der Waals surface area contributed by atoms with Gasteiger partial charge in [0.25, 0.3) is 0 Å². The van der Waals surface area contributed by atoms with Gasteiger partial charge in [-0.15, -0.1) is 0 Å². The number of nitrogens with two attached hydrogens (primary N) is 1. The van der Waals surface area contributed by atoms with Gasteiger partial charge in [0, 0.05) is 41.8 Å². The predicted octanol–water partition coefficient (Wildman–Crippen LogP) is 6.96. The molecule has 1 atom stereocenters.